The van der Waals surface area contributed by atoms with Gasteiger partial charge in [-0.25, -0.2) is 0 Å². The Kier molecular flexibility index (Phi) is 1.88. The van der Waals surface area contributed by atoms with Crippen molar-refractivity contribution < 1.29 is 9.90 Å². The van der Waals surface area contributed by atoms with E-state index in [1.807, 2.05) is 11.0 Å². The summed E-state index contributed by atoms with van der Waals surface area (Å²) >= 11 is 0. The van der Waals surface area contributed by atoms with Crippen LogP contribution >= 0.6 is 0 Å². The molecule has 0 spiro atoms. The van der Waals surface area contributed by atoms with Gasteiger partial charge in [0, 0.05) is 12.7 Å². The highest BCUT2D eigenvalue weighted by atomic mass is 16.4. The molecule has 0 radical (unpaired) electrons. The number of nitrogens with zero attached hydrogens (tertiary/aromatic N) is 2. The summed E-state index contributed by atoms with van der Waals surface area (Å²) in [6, 6.07) is 1.94. The lowest BCUT2D eigenvalue weighted by atomic mass is 10.2. The number of fused-ring (bicyclic) bond motifs is 1. The van der Waals surface area contributed by atoms with E-state index >= 15 is 0 Å². The van der Waals surface area contributed by atoms with E-state index in [1.165, 1.54) is 5.56 Å². The van der Waals surface area contributed by atoms with E-state index < -0.39 is 5.97 Å². The summed E-state index contributed by atoms with van der Waals surface area (Å²) in [7, 11) is 0. The van der Waals surface area contributed by atoms with Gasteiger partial charge in [0.1, 0.15) is 6.54 Å². The van der Waals surface area contributed by atoms with Crippen molar-refractivity contribution in [2.75, 3.05) is 18.0 Å². The number of aromatic nitrogens is 1. The smallest absolute Gasteiger partial charge is 0.323 e. The Labute approximate surface area is 75.8 Å². The van der Waals surface area contributed by atoms with Gasteiger partial charge in [-0.1, -0.05) is 0 Å². The number of hydrogen-bond donors (Lipinski definition) is 1. The fraction of sp³-hybridized carbons (Fsp3) is 0.333. The summed E-state index contributed by atoms with van der Waals surface area (Å²) in [4.78, 5) is 16.3. The summed E-state index contributed by atoms with van der Waals surface area (Å²) in [6.07, 6.45) is 4.39. The number of anilines is 1. The molecule has 0 fully saturated rings. The average Bonchev–Trinajstić information content (AvgIpc) is 2.48. The maximum atomic E-state index is 10.5. The molecule has 2 rings (SSSR count). The van der Waals surface area contributed by atoms with Gasteiger partial charge in [0.25, 0.3) is 0 Å². The minimum Gasteiger partial charge on any atom is -0.480 e. The summed E-state index contributed by atoms with van der Waals surface area (Å²) < 4.78 is 0. The van der Waals surface area contributed by atoms with Crippen LogP contribution in [0.25, 0.3) is 0 Å². The standard InChI is InChI=1S/C9H10N2O2/c12-9(13)6-11-4-2-7-1-3-10-5-8(7)11/h1,3,5H,2,4,6H2,(H,12,13). The molecule has 0 amide bonds. The van der Waals surface area contributed by atoms with Crippen molar-refractivity contribution in [2.24, 2.45) is 0 Å². The first kappa shape index (κ1) is 8.04. The van der Waals surface area contributed by atoms with Crippen LogP contribution in [-0.2, 0) is 11.2 Å². The Hall–Kier alpha value is -1.58. The van der Waals surface area contributed by atoms with Crippen LogP contribution in [0.3, 0.4) is 0 Å². The molecule has 1 aromatic heterocycles. The second-order valence-electron chi connectivity index (χ2n) is 3.07. The van der Waals surface area contributed by atoms with Gasteiger partial charge in [-0.2, -0.15) is 0 Å². The van der Waals surface area contributed by atoms with Crippen LogP contribution in [0.2, 0.25) is 0 Å². The Balaban J connectivity index is 2.23. The molecule has 4 heteroatoms. The molecule has 68 valence electrons. The van der Waals surface area contributed by atoms with Crippen molar-refractivity contribution in [3.63, 3.8) is 0 Å². The third kappa shape index (κ3) is 1.47. The monoisotopic (exact) mass is 178 g/mol. The number of carbonyl (C=O) groups is 1. The van der Waals surface area contributed by atoms with Crippen molar-refractivity contribution in [2.45, 2.75) is 6.42 Å². The van der Waals surface area contributed by atoms with Crippen LogP contribution in [0.15, 0.2) is 18.5 Å². The number of rotatable bonds is 2. The quantitative estimate of drug-likeness (QED) is 0.717. The molecule has 0 unspecified atom stereocenters. The van der Waals surface area contributed by atoms with E-state index in [2.05, 4.69) is 4.98 Å². The van der Waals surface area contributed by atoms with Crippen LogP contribution < -0.4 is 4.90 Å². The van der Waals surface area contributed by atoms with Crippen molar-refractivity contribution in [3.8, 4) is 0 Å². The summed E-state index contributed by atoms with van der Waals surface area (Å²) in [5.74, 6) is -0.795. The first-order chi connectivity index (χ1) is 6.27. The highest BCUT2D eigenvalue weighted by Gasteiger charge is 2.20. The number of carboxylic acid groups (broad SMARTS) is 1. The normalized spacial score (nSPS) is 14.3. The number of aliphatic carboxylic acids is 1. The van der Waals surface area contributed by atoms with E-state index in [9.17, 15) is 4.79 Å². The van der Waals surface area contributed by atoms with Gasteiger partial charge in [0.15, 0.2) is 0 Å². The highest BCUT2D eigenvalue weighted by Crippen LogP contribution is 2.25. The minimum atomic E-state index is -0.795. The van der Waals surface area contributed by atoms with E-state index in [0.717, 1.165) is 18.7 Å². The Morgan fingerprint density at radius 1 is 1.69 bits per heavy atom. The van der Waals surface area contributed by atoms with Crippen LogP contribution in [-0.4, -0.2) is 29.1 Å². The van der Waals surface area contributed by atoms with Gasteiger partial charge in [-0.15, -0.1) is 0 Å². The van der Waals surface area contributed by atoms with Crippen molar-refractivity contribution in [1.82, 2.24) is 4.98 Å². The Morgan fingerprint density at radius 2 is 2.54 bits per heavy atom. The van der Waals surface area contributed by atoms with Gasteiger partial charge in [0.05, 0.1) is 11.9 Å². The van der Waals surface area contributed by atoms with E-state index in [0.29, 0.717) is 0 Å². The molecule has 0 bridgehead atoms. The predicted molar refractivity (Wildman–Crippen MR) is 47.8 cm³/mol. The first-order valence-electron chi connectivity index (χ1n) is 4.17. The molecule has 4 nitrogen and oxygen atoms in total. The van der Waals surface area contributed by atoms with Crippen molar-refractivity contribution in [3.05, 3.63) is 24.0 Å². The molecule has 0 saturated heterocycles. The zero-order valence-electron chi connectivity index (χ0n) is 7.10. The Bertz CT molecular complexity index is 338. The second-order valence-corrected chi connectivity index (χ2v) is 3.07. The molecular formula is C9H10N2O2. The lowest BCUT2D eigenvalue weighted by Crippen LogP contribution is -2.27. The van der Waals surface area contributed by atoms with Crippen LogP contribution in [0.1, 0.15) is 5.56 Å². The maximum absolute atomic E-state index is 10.5. The molecule has 1 aromatic rings. The summed E-state index contributed by atoms with van der Waals surface area (Å²) in [5, 5.41) is 8.64. The molecule has 13 heavy (non-hydrogen) atoms. The third-order valence-electron chi connectivity index (χ3n) is 2.21. The van der Waals surface area contributed by atoms with Gasteiger partial charge >= 0.3 is 5.97 Å². The molecule has 1 N–H and O–H groups in total. The molecule has 1 aliphatic heterocycles. The second kappa shape index (κ2) is 3.05. The molecule has 0 atom stereocenters. The average molecular weight is 178 g/mol. The Morgan fingerprint density at radius 3 is 3.31 bits per heavy atom. The molecular weight excluding hydrogens is 168 g/mol. The third-order valence-corrected chi connectivity index (χ3v) is 2.21. The predicted octanol–water partition coefficient (Wildman–Crippen LogP) is 0.529. The first-order valence-corrected chi connectivity index (χ1v) is 4.17. The van der Waals surface area contributed by atoms with Crippen LogP contribution in [0.5, 0.6) is 0 Å². The number of pyridine rings is 1. The van der Waals surface area contributed by atoms with Crippen LogP contribution in [0, 0.1) is 0 Å². The summed E-state index contributed by atoms with van der Waals surface area (Å²) in [6.45, 7) is 0.853. The van der Waals surface area contributed by atoms with E-state index in [4.69, 9.17) is 5.11 Å². The lowest BCUT2D eigenvalue weighted by molar-refractivity contribution is -0.135. The SMILES string of the molecule is O=C(O)CN1CCc2ccncc21. The topological polar surface area (TPSA) is 53.4 Å². The van der Waals surface area contributed by atoms with Gasteiger partial charge in [0.2, 0.25) is 0 Å². The minimum absolute atomic E-state index is 0.0681. The molecule has 0 aromatic carbocycles. The van der Waals surface area contributed by atoms with Crippen molar-refractivity contribution >= 4 is 11.7 Å². The zero-order chi connectivity index (χ0) is 9.26. The largest absolute Gasteiger partial charge is 0.480 e. The fourth-order valence-electron chi connectivity index (χ4n) is 1.61. The molecule has 1 aliphatic rings. The van der Waals surface area contributed by atoms with Gasteiger partial charge in [-0.3, -0.25) is 9.78 Å². The number of carboxylic acids is 1. The highest BCUT2D eigenvalue weighted by molar-refractivity contribution is 5.75. The summed E-state index contributed by atoms with van der Waals surface area (Å²) in [5.41, 5.74) is 2.15. The number of hydrogen-bond acceptors (Lipinski definition) is 3. The zero-order valence-corrected chi connectivity index (χ0v) is 7.10. The van der Waals surface area contributed by atoms with Crippen molar-refractivity contribution in [1.29, 1.82) is 0 Å². The van der Waals surface area contributed by atoms with Crippen LogP contribution in [0.4, 0.5) is 5.69 Å². The fourth-order valence-corrected chi connectivity index (χ4v) is 1.61. The van der Waals surface area contributed by atoms with E-state index in [-0.39, 0.29) is 6.54 Å². The molecule has 0 aliphatic carbocycles. The lowest BCUT2D eigenvalue weighted by Gasteiger charge is -2.15. The maximum Gasteiger partial charge on any atom is 0.323 e. The van der Waals surface area contributed by atoms with Gasteiger partial charge < -0.3 is 10.0 Å². The van der Waals surface area contributed by atoms with E-state index in [1.54, 1.807) is 12.4 Å². The molecule has 0 saturated carbocycles. The van der Waals surface area contributed by atoms with Gasteiger partial charge in [-0.05, 0) is 18.1 Å². The molecule has 2 heterocycles.